The van der Waals surface area contributed by atoms with Crippen LogP contribution in [0.1, 0.15) is 20.0 Å². The molecule has 2 N–H and O–H groups in total. The third-order valence-electron chi connectivity index (χ3n) is 4.82. The number of hydrogen-bond donors (Lipinski definition) is 2. The van der Waals surface area contributed by atoms with Gasteiger partial charge < -0.3 is 20.1 Å². The standard InChI is InChI=1S/C22H19ClN2O4S/c23-15-3-1-14(2-4-15)19-7-8-20(30-19)21(26)24-18-6-5-16(13-17(18)22(27)28)25-9-11-29-12-10-25/h1-8,13H,9-12H2,(H,24,26)(H,27,28). The van der Waals surface area contributed by atoms with Crippen molar-refractivity contribution in [2.24, 2.45) is 0 Å². The van der Waals surface area contributed by atoms with Crippen LogP contribution in [-0.4, -0.2) is 43.3 Å². The summed E-state index contributed by atoms with van der Waals surface area (Å²) >= 11 is 7.26. The summed E-state index contributed by atoms with van der Waals surface area (Å²) in [5.74, 6) is -1.43. The Morgan fingerprint density at radius 2 is 1.77 bits per heavy atom. The minimum atomic E-state index is -1.09. The lowest BCUT2D eigenvalue weighted by molar-refractivity contribution is 0.0698. The van der Waals surface area contributed by atoms with Crippen LogP contribution in [0.3, 0.4) is 0 Å². The molecule has 3 aromatic rings. The number of thiophene rings is 1. The summed E-state index contributed by atoms with van der Waals surface area (Å²) in [4.78, 5) is 28.0. The van der Waals surface area contributed by atoms with Crippen LogP contribution in [0.25, 0.3) is 10.4 Å². The van der Waals surface area contributed by atoms with Crippen molar-refractivity contribution in [3.05, 3.63) is 70.1 Å². The number of aromatic carboxylic acids is 1. The second kappa shape index (κ2) is 8.87. The van der Waals surface area contributed by atoms with Gasteiger partial charge >= 0.3 is 5.97 Å². The topological polar surface area (TPSA) is 78.9 Å². The summed E-state index contributed by atoms with van der Waals surface area (Å²) in [6.45, 7) is 2.62. The Kier molecular flexibility index (Phi) is 6.03. The summed E-state index contributed by atoms with van der Waals surface area (Å²) in [5.41, 5.74) is 2.09. The van der Waals surface area contributed by atoms with E-state index >= 15 is 0 Å². The molecule has 0 radical (unpaired) electrons. The van der Waals surface area contributed by atoms with E-state index in [1.54, 1.807) is 30.3 Å². The highest BCUT2D eigenvalue weighted by Gasteiger charge is 2.19. The van der Waals surface area contributed by atoms with Crippen molar-refractivity contribution >= 4 is 46.2 Å². The predicted molar refractivity (Wildman–Crippen MR) is 119 cm³/mol. The van der Waals surface area contributed by atoms with E-state index in [2.05, 4.69) is 10.2 Å². The largest absolute Gasteiger partial charge is 0.478 e. The zero-order valence-corrected chi connectivity index (χ0v) is 17.5. The van der Waals surface area contributed by atoms with Crippen molar-refractivity contribution in [3.63, 3.8) is 0 Å². The van der Waals surface area contributed by atoms with Gasteiger partial charge in [0, 0.05) is 28.7 Å². The molecule has 0 bridgehead atoms. The zero-order chi connectivity index (χ0) is 21.1. The second-order valence-corrected chi connectivity index (χ2v) is 8.28. The number of halogens is 1. The number of benzene rings is 2. The van der Waals surface area contributed by atoms with E-state index in [4.69, 9.17) is 16.3 Å². The summed E-state index contributed by atoms with van der Waals surface area (Å²) in [5, 5.41) is 13.0. The Morgan fingerprint density at radius 1 is 1.03 bits per heavy atom. The number of carboxylic acid groups (broad SMARTS) is 1. The SMILES string of the molecule is O=C(Nc1ccc(N2CCOCC2)cc1C(=O)O)c1ccc(-c2ccc(Cl)cc2)s1. The molecule has 1 aliphatic heterocycles. The Balaban J connectivity index is 1.54. The number of carbonyl (C=O) groups excluding carboxylic acids is 1. The minimum absolute atomic E-state index is 0.0572. The lowest BCUT2D eigenvalue weighted by Crippen LogP contribution is -2.36. The normalized spacial score (nSPS) is 13.8. The summed E-state index contributed by atoms with van der Waals surface area (Å²) in [7, 11) is 0. The number of nitrogens with one attached hydrogen (secondary N) is 1. The monoisotopic (exact) mass is 442 g/mol. The molecule has 30 heavy (non-hydrogen) atoms. The van der Waals surface area contributed by atoms with Crippen LogP contribution >= 0.6 is 22.9 Å². The fourth-order valence-corrected chi connectivity index (χ4v) is 4.28. The fraction of sp³-hybridized carbons (Fsp3) is 0.182. The van der Waals surface area contributed by atoms with Crippen molar-refractivity contribution < 1.29 is 19.4 Å². The number of ether oxygens (including phenoxy) is 1. The first-order valence-electron chi connectivity index (χ1n) is 9.38. The van der Waals surface area contributed by atoms with Crippen molar-refractivity contribution in [1.82, 2.24) is 0 Å². The number of carbonyl (C=O) groups is 2. The van der Waals surface area contributed by atoms with Gasteiger partial charge in [0.15, 0.2) is 0 Å². The third-order valence-corrected chi connectivity index (χ3v) is 6.20. The van der Waals surface area contributed by atoms with Crippen LogP contribution in [-0.2, 0) is 4.74 Å². The van der Waals surface area contributed by atoms with Gasteiger partial charge in [-0.25, -0.2) is 4.79 Å². The quantitative estimate of drug-likeness (QED) is 0.590. The highest BCUT2D eigenvalue weighted by molar-refractivity contribution is 7.17. The van der Waals surface area contributed by atoms with Crippen molar-refractivity contribution in [3.8, 4) is 10.4 Å². The Bertz CT molecular complexity index is 1070. The molecule has 4 rings (SSSR count). The molecule has 1 saturated heterocycles. The molecular formula is C22H19ClN2O4S. The number of hydrogen-bond acceptors (Lipinski definition) is 5. The Labute approximate surface area is 182 Å². The van der Waals surface area contributed by atoms with Crippen LogP contribution in [0, 0.1) is 0 Å². The van der Waals surface area contributed by atoms with Crippen LogP contribution in [0.5, 0.6) is 0 Å². The number of morpholine rings is 1. The lowest BCUT2D eigenvalue weighted by Gasteiger charge is -2.29. The van der Waals surface area contributed by atoms with E-state index in [0.29, 0.717) is 36.2 Å². The van der Waals surface area contributed by atoms with Gasteiger partial charge in [-0.2, -0.15) is 0 Å². The van der Waals surface area contributed by atoms with Gasteiger partial charge in [-0.15, -0.1) is 11.3 Å². The molecule has 1 amide bonds. The Hall–Kier alpha value is -2.87. The van der Waals surface area contributed by atoms with Crippen LogP contribution in [0.4, 0.5) is 11.4 Å². The van der Waals surface area contributed by atoms with E-state index in [9.17, 15) is 14.7 Å². The minimum Gasteiger partial charge on any atom is -0.478 e. The molecule has 0 spiro atoms. The fourth-order valence-electron chi connectivity index (χ4n) is 3.25. The molecule has 8 heteroatoms. The molecule has 0 aliphatic carbocycles. The van der Waals surface area contributed by atoms with Crippen LogP contribution in [0.15, 0.2) is 54.6 Å². The maximum Gasteiger partial charge on any atom is 0.337 e. The molecule has 1 fully saturated rings. The average molecular weight is 443 g/mol. The number of amides is 1. The molecular weight excluding hydrogens is 424 g/mol. The smallest absolute Gasteiger partial charge is 0.337 e. The molecule has 1 aliphatic rings. The number of rotatable bonds is 5. The van der Waals surface area contributed by atoms with E-state index in [1.165, 1.54) is 11.3 Å². The van der Waals surface area contributed by atoms with Gasteiger partial charge in [-0.1, -0.05) is 23.7 Å². The maximum atomic E-state index is 12.7. The molecule has 2 aromatic carbocycles. The zero-order valence-electron chi connectivity index (χ0n) is 15.9. The first kappa shape index (κ1) is 20.4. The average Bonchev–Trinajstić information content (AvgIpc) is 3.25. The highest BCUT2D eigenvalue weighted by atomic mass is 35.5. The van der Waals surface area contributed by atoms with Crippen LogP contribution < -0.4 is 10.2 Å². The molecule has 2 heterocycles. The number of nitrogens with zero attached hydrogens (tertiary/aromatic N) is 1. The van der Waals surface area contributed by atoms with Gasteiger partial charge in [0.1, 0.15) is 0 Å². The van der Waals surface area contributed by atoms with Gasteiger partial charge in [0.25, 0.3) is 5.91 Å². The number of carboxylic acids is 1. The molecule has 0 saturated carbocycles. The van der Waals surface area contributed by atoms with Gasteiger partial charge in [-0.3, -0.25) is 4.79 Å². The molecule has 154 valence electrons. The molecule has 6 nitrogen and oxygen atoms in total. The van der Waals surface area contributed by atoms with Gasteiger partial charge in [0.05, 0.1) is 29.3 Å². The van der Waals surface area contributed by atoms with Crippen molar-refractivity contribution in [2.45, 2.75) is 0 Å². The number of anilines is 2. The summed E-state index contributed by atoms with van der Waals surface area (Å²) in [6, 6.07) is 16.0. The second-order valence-electron chi connectivity index (χ2n) is 6.76. The summed E-state index contributed by atoms with van der Waals surface area (Å²) in [6.07, 6.45) is 0. The van der Waals surface area contributed by atoms with E-state index in [1.807, 2.05) is 24.3 Å². The van der Waals surface area contributed by atoms with E-state index in [0.717, 1.165) is 16.1 Å². The molecule has 0 unspecified atom stereocenters. The van der Waals surface area contributed by atoms with E-state index < -0.39 is 5.97 Å². The first-order valence-corrected chi connectivity index (χ1v) is 10.6. The van der Waals surface area contributed by atoms with E-state index in [-0.39, 0.29) is 17.2 Å². The summed E-state index contributed by atoms with van der Waals surface area (Å²) < 4.78 is 5.34. The van der Waals surface area contributed by atoms with Gasteiger partial charge in [-0.05, 0) is 48.0 Å². The highest BCUT2D eigenvalue weighted by Crippen LogP contribution is 2.30. The Morgan fingerprint density at radius 3 is 2.47 bits per heavy atom. The maximum absolute atomic E-state index is 12.7. The van der Waals surface area contributed by atoms with Gasteiger partial charge in [0.2, 0.25) is 0 Å². The first-order chi connectivity index (χ1) is 14.5. The van der Waals surface area contributed by atoms with Crippen molar-refractivity contribution in [2.75, 3.05) is 36.5 Å². The molecule has 1 aromatic heterocycles. The van der Waals surface area contributed by atoms with Crippen LogP contribution in [0.2, 0.25) is 5.02 Å². The molecule has 0 atom stereocenters. The third kappa shape index (κ3) is 4.48. The van der Waals surface area contributed by atoms with Crippen molar-refractivity contribution in [1.29, 1.82) is 0 Å². The lowest BCUT2D eigenvalue weighted by atomic mass is 10.1. The predicted octanol–water partition coefficient (Wildman–Crippen LogP) is 4.86.